The van der Waals surface area contributed by atoms with E-state index in [2.05, 4.69) is 4.98 Å². The molecule has 1 aromatic heterocycles. The first kappa shape index (κ1) is 25.5. The van der Waals surface area contributed by atoms with Crippen molar-refractivity contribution in [3.63, 3.8) is 0 Å². The Morgan fingerprint density at radius 3 is 2.36 bits per heavy atom. The Bertz CT molecular complexity index is 1440. The third-order valence-electron chi connectivity index (χ3n) is 5.92. The first-order chi connectivity index (χ1) is 16.7. The number of ether oxygens (including phenoxy) is 1. The molecule has 0 radical (unpaired) electrons. The third kappa shape index (κ3) is 4.75. The molecule has 11 heteroatoms. The van der Waals surface area contributed by atoms with Gasteiger partial charge in [0.1, 0.15) is 5.75 Å². The van der Waals surface area contributed by atoms with Crippen molar-refractivity contribution in [2.45, 2.75) is 37.3 Å². The number of hydrogen-bond acceptors (Lipinski definition) is 5. The number of sulfonamides is 1. The van der Waals surface area contributed by atoms with Crippen LogP contribution in [0.1, 0.15) is 30.7 Å². The fraction of sp³-hybridized carbons (Fsp3) is 0.280. The molecule has 2 heterocycles. The first-order valence-electron chi connectivity index (χ1n) is 10.9. The molecule has 0 unspecified atom stereocenters. The Morgan fingerprint density at radius 2 is 1.78 bits per heavy atom. The highest BCUT2D eigenvalue weighted by atomic mass is 32.2. The van der Waals surface area contributed by atoms with E-state index in [4.69, 9.17) is 9.84 Å². The first-order valence-corrected chi connectivity index (χ1v) is 12.3. The van der Waals surface area contributed by atoms with Crippen molar-refractivity contribution in [2.75, 3.05) is 17.5 Å². The summed E-state index contributed by atoms with van der Waals surface area (Å²) >= 11 is 0. The Hall–Kier alpha value is -3.60. The van der Waals surface area contributed by atoms with Crippen LogP contribution < -0.4 is 9.04 Å². The minimum atomic E-state index is -4.44. The maximum absolute atomic E-state index is 13.6. The van der Waals surface area contributed by atoms with Crippen LogP contribution in [0.4, 0.5) is 18.9 Å². The number of alkyl halides is 3. The maximum Gasteiger partial charge on any atom is 0.416 e. The summed E-state index contributed by atoms with van der Waals surface area (Å²) in [6.07, 6.45) is -4.44. The summed E-state index contributed by atoms with van der Waals surface area (Å²) < 4.78 is 72.3. The normalized spacial score (nSPS) is 15.0. The Labute approximate surface area is 206 Å². The van der Waals surface area contributed by atoms with Crippen molar-refractivity contribution in [3.8, 4) is 17.0 Å². The summed E-state index contributed by atoms with van der Waals surface area (Å²) in [5, 5.41) is 8.79. The van der Waals surface area contributed by atoms with Crippen LogP contribution >= 0.6 is 0 Å². The number of anilines is 1. The zero-order valence-electron chi connectivity index (χ0n) is 19.6. The number of carbonyl (C=O) groups is 1. The van der Waals surface area contributed by atoms with E-state index in [1.165, 1.54) is 34.6 Å². The minimum Gasteiger partial charge on any atom is -0.482 e. The molecule has 0 saturated heterocycles. The predicted molar refractivity (Wildman–Crippen MR) is 127 cm³/mol. The molecule has 0 spiro atoms. The number of aromatic nitrogens is 1. The minimum absolute atomic E-state index is 0.0122. The van der Waals surface area contributed by atoms with Crippen molar-refractivity contribution in [2.24, 2.45) is 0 Å². The van der Waals surface area contributed by atoms with Crippen molar-refractivity contribution < 1.29 is 36.2 Å². The quantitative estimate of drug-likeness (QED) is 0.490. The molecule has 190 valence electrons. The van der Waals surface area contributed by atoms with Gasteiger partial charge in [-0.15, -0.1) is 0 Å². The molecule has 0 aliphatic carbocycles. The molecule has 0 atom stereocenters. The lowest BCUT2D eigenvalue weighted by Crippen LogP contribution is -2.34. The number of hydrogen-bond donors (Lipinski definition) is 1. The SMILES string of the molecule is Cc1cc(S(=O)(=O)N2CC(C)(C)c3nc(-c4ccc(C(F)(F)F)cc4)ccc32)ccc1OCC(=O)O. The van der Waals surface area contributed by atoms with Crippen LogP contribution in [0.15, 0.2) is 59.5 Å². The van der Waals surface area contributed by atoms with E-state index in [1.54, 1.807) is 19.1 Å². The van der Waals surface area contributed by atoms with Gasteiger partial charge in [0.15, 0.2) is 6.61 Å². The van der Waals surface area contributed by atoms with Crippen LogP contribution in [0.5, 0.6) is 5.75 Å². The van der Waals surface area contributed by atoms with Crippen molar-refractivity contribution in [3.05, 3.63) is 71.4 Å². The number of aliphatic carboxylic acids is 1. The second-order valence-electron chi connectivity index (χ2n) is 9.14. The fourth-order valence-corrected chi connectivity index (χ4v) is 5.81. The van der Waals surface area contributed by atoms with Crippen LogP contribution in [0.3, 0.4) is 0 Å². The highest BCUT2D eigenvalue weighted by molar-refractivity contribution is 7.92. The van der Waals surface area contributed by atoms with Crippen LogP contribution in [-0.4, -0.2) is 37.6 Å². The molecule has 0 fully saturated rings. The summed E-state index contributed by atoms with van der Waals surface area (Å²) in [6.45, 7) is 4.88. The number of rotatable bonds is 6. The summed E-state index contributed by atoms with van der Waals surface area (Å²) in [4.78, 5) is 15.4. The Kier molecular flexibility index (Phi) is 6.24. The maximum atomic E-state index is 13.6. The second-order valence-corrected chi connectivity index (χ2v) is 11.0. The van der Waals surface area contributed by atoms with E-state index in [0.717, 1.165) is 12.1 Å². The molecule has 0 saturated carbocycles. The van der Waals surface area contributed by atoms with Crippen molar-refractivity contribution >= 4 is 21.7 Å². The van der Waals surface area contributed by atoms with Crippen LogP contribution in [0.25, 0.3) is 11.3 Å². The predicted octanol–water partition coefficient (Wildman–Crippen LogP) is 5.03. The third-order valence-corrected chi connectivity index (χ3v) is 7.67. The Balaban J connectivity index is 1.68. The fourth-order valence-electron chi connectivity index (χ4n) is 4.09. The van der Waals surface area contributed by atoms with Crippen LogP contribution in [-0.2, 0) is 26.4 Å². The Morgan fingerprint density at radius 1 is 1.11 bits per heavy atom. The van der Waals surface area contributed by atoms with Gasteiger partial charge in [-0.25, -0.2) is 18.2 Å². The van der Waals surface area contributed by atoms with Gasteiger partial charge < -0.3 is 9.84 Å². The highest BCUT2D eigenvalue weighted by Crippen LogP contribution is 2.43. The number of pyridine rings is 1. The number of carboxylic acids is 1. The van der Waals surface area contributed by atoms with Gasteiger partial charge in [0, 0.05) is 17.5 Å². The summed E-state index contributed by atoms with van der Waals surface area (Å²) in [7, 11) is -4.00. The largest absolute Gasteiger partial charge is 0.482 e. The number of halogens is 3. The number of aryl methyl sites for hydroxylation is 1. The second kappa shape index (κ2) is 8.81. The topological polar surface area (TPSA) is 96.8 Å². The zero-order chi connectivity index (χ0) is 26.5. The average Bonchev–Trinajstić information content (AvgIpc) is 3.08. The van der Waals surface area contributed by atoms with E-state index >= 15 is 0 Å². The molecule has 3 aromatic rings. The molecule has 2 aromatic carbocycles. The van der Waals surface area contributed by atoms with Gasteiger partial charge in [-0.3, -0.25) is 4.31 Å². The van der Waals surface area contributed by atoms with Gasteiger partial charge in [-0.05, 0) is 55.0 Å². The highest BCUT2D eigenvalue weighted by Gasteiger charge is 2.43. The van der Waals surface area contributed by atoms with Gasteiger partial charge in [0.05, 0.1) is 27.5 Å². The smallest absolute Gasteiger partial charge is 0.416 e. The van der Waals surface area contributed by atoms with E-state index in [9.17, 15) is 26.4 Å². The van der Waals surface area contributed by atoms with Gasteiger partial charge in [-0.1, -0.05) is 26.0 Å². The molecule has 4 rings (SSSR count). The average molecular weight is 521 g/mol. The van der Waals surface area contributed by atoms with Crippen LogP contribution in [0.2, 0.25) is 0 Å². The molecule has 1 aliphatic rings. The van der Waals surface area contributed by atoms with Crippen LogP contribution in [0, 0.1) is 6.92 Å². The lowest BCUT2D eigenvalue weighted by atomic mass is 9.91. The van der Waals surface area contributed by atoms with Crippen molar-refractivity contribution in [1.82, 2.24) is 4.98 Å². The van der Waals surface area contributed by atoms with E-state index in [1.807, 2.05) is 13.8 Å². The molecular formula is C25H23F3N2O5S. The van der Waals surface area contributed by atoms with E-state index in [-0.39, 0.29) is 17.2 Å². The lowest BCUT2D eigenvalue weighted by molar-refractivity contribution is -0.139. The number of benzene rings is 2. The summed E-state index contributed by atoms with van der Waals surface area (Å²) in [5.41, 5.74) is 0.859. The molecule has 0 amide bonds. The lowest BCUT2D eigenvalue weighted by Gasteiger charge is -2.22. The molecular weight excluding hydrogens is 497 g/mol. The molecule has 1 aliphatic heterocycles. The van der Waals surface area contributed by atoms with Crippen molar-refractivity contribution in [1.29, 1.82) is 0 Å². The summed E-state index contributed by atoms with van der Waals surface area (Å²) in [5.74, 6) is -0.883. The monoisotopic (exact) mass is 520 g/mol. The van der Waals surface area contributed by atoms with Gasteiger partial charge >= 0.3 is 12.1 Å². The molecule has 36 heavy (non-hydrogen) atoms. The van der Waals surface area contributed by atoms with Gasteiger partial charge in [0.2, 0.25) is 0 Å². The number of carboxylic acid groups (broad SMARTS) is 1. The molecule has 1 N–H and O–H groups in total. The molecule has 7 nitrogen and oxygen atoms in total. The number of fused-ring (bicyclic) bond motifs is 1. The standard InChI is InChI=1S/C25H23F3N2O5S/c1-15-12-18(8-11-21(15)35-13-22(31)32)36(33,34)30-14-24(2,3)23-20(30)10-9-19(29-23)16-4-6-17(7-5-16)25(26,27)28/h4-12H,13-14H2,1-3H3,(H,31,32). The summed E-state index contributed by atoms with van der Waals surface area (Å²) in [6, 6.07) is 12.0. The molecule has 0 bridgehead atoms. The van der Waals surface area contributed by atoms with Gasteiger partial charge in [-0.2, -0.15) is 13.2 Å². The van der Waals surface area contributed by atoms with Gasteiger partial charge in [0.25, 0.3) is 10.0 Å². The van der Waals surface area contributed by atoms with E-state index < -0.39 is 39.8 Å². The zero-order valence-corrected chi connectivity index (χ0v) is 20.4. The number of nitrogens with zero attached hydrogens (tertiary/aromatic N) is 2. The van der Waals surface area contributed by atoms with E-state index in [0.29, 0.717) is 28.2 Å².